The van der Waals surface area contributed by atoms with E-state index in [4.69, 9.17) is 0 Å². The van der Waals surface area contributed by atoms with Gasteiger partial charge in [0.05, 0.1) is 15.4 Å². The second-order valence-corrected chi connectivity index (χ2v) is 8.17. The molecule has 0 radical (unpaired) electrons. The first-order chi connectivity index (χ1) is 13.8. The summed E-state index contributed by atoms with van der Waals surface area (Å²) >= 11 is 1.32. The summed E-state index contributed by atoms with van der Waals surface area (Å²) in [4.78, 5) is 41.0. The molecule has 1 N–H and O–H groups in total. The average molecular weight is 419 g/mol. The van der Waals surface area contributed by atoms with Crippen LogP contribution in [0.1, 0.15) is 47.0 Å². The quantitative estimate of drug-likeness (QED) is 0.555. The summed E-state index contributed by atoms with van der Waals surface area (Å²) in [6.07, 6.45) is 5.25. The lowest BCUT2D eigenvalue weighted by atomic mass is 10.0. The first-order valence-electron chi connectivity index (χ1n) is 9.19. The van der Waals surface area contributed by atoms with Gasteiger partial charge in [-0.1, -0.05) is 6.42 Å². The molecule has 11 heteroatoms. The highest BCUT2D eigenvalue weighted by Crippen LogP contribution is 2.30. The molecule has 0 spiro atoms. The molecule has 154 valence electrons. The zero-order chi connectivity index (χ0) is 21.1. The topological polar surface area (TPSA) is 132 Å². The van der Waals surface area contributed by atoms with Gasteiger partial charge in [-0.05, 0) is 33.2 Å². The van der Waals surface area contributed by atoms with Crippen LogP contribution in [0.2, 0.25) is 0 Å². The minimum absolute atomic E-state index is 0.0938. The van der Waals surface area contributed by atoms with Crippen molar-refractivity contribution < 1.29 is 14.6 Å². The Labute approximate surface area is 170 Å². The zero-order valence-electron chi connectivity index (χ0n) is 16.1. The second-order valence-electron chi connectivity index (χ2n) is 7.05. The molecule has 1 atom stereocenters. The normalized spacial score (nSPS) is 17.1. The number of amides is 1. The Morgan fingerprint density at radius 1 is 1.28 bits per heavy atom. The smallest absolute Gasteiger partial charge is 0.279 e. The molecule has 1 aromatic carbocycles. The molecule has 1 fully saturated rings. The predicted octanol–water partition coefficient (Wildman–Crippen LogP) is 3.89. The molecule has 2 aromatic rings. The zero-order valence-corrected chi connectivity index (χ0v) is 16.9. The van der Waals surface area contributed by atoms with Crippen molar-refractivity contribution in [1.82, 2.24) is 9.88 Å². The van der Waals surface area contributed by atoms with Gasteiger partial charge in [-0.2, -0.15) is 0 Å². The van der Waals surface area contributed by atoms with E-state index < -0.39 is 27.1 Å². The molecular formula is C18H21N5O5S. The average Bonchev–Trinajstić information content (AvgIpc) is 3.10. The number of rotatable bonds is 6. The van der Waals surface area contributed by atoms with Crippen molar-refractivity contribution in [2.24, 2.45) is 0 Å². The lowest BCUT2D eigenvalue weighted by molar-refractivity contribution is -0.395. The van der Waals surface area contributed by atoms with Crippen LogP contribution < -0.4 is 5.32 Å². The van der Waals surface area contributed by atoms with E-state index in [-0.39, 0.29) is 11.1 Å². The van der Waals surface area contributed by atoms with Crippen molar-refractivity contribution in [3.8, 4) is 0 Å². The molecule has 3 rings (SSSR count). The Hall–Kier alpha value is -2.92. The van der Waals surface area contributed by atoms with E-state index in [0.29, 0.717) is 11.2 Å². The summed E-state index contributed by atoms with van der Waals surface area (Å²) in [7, 11) is 0. The summed E-state index contributed by atoms with van der Waals surface area (Å²) < 4.78 is 0. The van der Waals surface area contributed by atoms with Gasteiger partial charge in [0.2, 0.25) is 0 Å². The van der Waals surface area contributed by atoms with E-state index in [0.717, 1.165) is 42.9 Å². The van der Waals surface area contributed by atoms with Gasteiger partial charge in [0.1, 0.15) is 5.56 Å². The van der Waals surface area contributed by atoms with Crippen LogP contribution in [0.3, 0.4) is 0 Å². The number of hydrogen-bond acceptors (Lipinski definition) is 8. The van der Waals surface area contributed by atoms with Crippen LogP contribution in [0.25, 0.3) is 0 Å². The summed E-state index contributed by atoms with van der Waals surface area (Å²) in [5.74, 6) is -0.677. The van der Waals surface area contributed by atoms with Crippen LogP contribution in [0.5, 0.6) is 0 Å². The van der Waals surface area contributed by atoms with Crippen LogP contribution >= 0.6 is 11.3 Å². The molecule has 1 aliphatic rings. The van der Waals surface area contributed by atoms with E-state index in [9.17, 15) is 25.0 Å². The molecule has 0 saturated carbocycles. The minimum Gasteiger partial charge on any atom is -0.298 e. The number of nitrogens with zero attached hydrogens (tertiary/aromatic N) is 4. The Morgan fingerprint density at radius 2 is 1.93 bits per heavy atom. The van der Waals surface area contributed by atoms with E-state index in [1.165, 1.54) is 24.7 Å². The third-order valence-electron chi connectivity index (χ3n) is 5.08. The SMILES string of the molecule is Cc1c([N+](=O)[O-])cc(C(=O)Nc2ncc(CN3CCCCC3C)s2)cc1[N+](=O)[O-]. The third-order valence-corrected chi connectivity index (χ3v) is 5.98. The molecule has 1 amide bonds. The molecule has 1 aromatic heterocycles. The highest BCUT2D eigenvalue weighted by molar-refractivity contribution is 7.15. The highest BCUT2D eigenvalue weighted by atomic mass is 32.1. The maximum absolute atomic E-state index is 12.5. The van der Waals surface area contributed by atoms with Crippen molar-refractivity contribution >= 4 is 33.8 Å². The number of thiazole rings is 1. The highest BCUT2D eigenvalue weighted by Gasteiger charge is 2.26. The molecule has 1 saturated heterocycles. The number of piperidine rings is 1. The third kappa shape index (κ3) is 4.74. The summed E-state index contributed by atoms with van der Waals surface area (Å²) in [5, 5.41) is 25.3. The van der Waals surface area contributed by atoms with E-state index >= 15 is 0 Å². The van der Waals surface area contributed by atoms with Crippen LogP contribution in [-0.4, -0.2) is 38.2 Å². The van der Waals surface area contributed by atoms with E-state index in [1.807, 2.05) is 0 Å². The van der Waals surface area contributed by atoms with Gasteiger partial charge in [0.25, 0.3) is 17.3 Å². The van der Waals surface area contributed by atoms with Gasteiger partial charge in [-0.25, -0.2) is 4.98 Å². The standard InChI is InChI=1S/C18H21N5O5S/c1-11-5-3-4-6-21(11)10-14-9-19-18(29-14)20-17(24)13-7-15(22(25)26)12(2)16(8-13)23(27)28/h7-9,11H,3-6,10H2,1-2H3,(H,19,20,24). The molecule has 10 nitrogen and oxygen atoms in total. The fraction of sp³-hybridized carbons (Fsp3) is 0.444. The summed E-state index contributed by atoms with van der Waals surface area (Å²) in [5.41, 5.74) is -1.19. The number of hydrogen-bond donors (Lipinski definition) is 1. The number of nitrogens with one attached hydrogen (secondary N) is 1. The van der Waals surface area contributed by atoms with Gasteiger partial charge in [0.15, 0.2) is 5.13 Å². The largest absolute Gasteiger partial charge is 0.298 e. The molecule has 0 bridgehead atoms. The fourth-order valence-corrected chi connectivity index (χ4v) is 4.23. The predicted molar refractivity (Wildman–Crippen MR) is 108 cm³/mol. The Morgan fingerprint density at radius 3 is 2.52 bits per heavy atom. The number of benzene rings is 1. The Balaban J connectivity index is 1.76. The van der Waals surface area contributed by atoms with Gasteiger partial charge in [0, 0.05) is 35.8 Å². The minimum atomic E-state index is -0.736. The van der Waals surface area contributed by atoms with Crippen molar-refractivity contribution in [3.63, 3.8) is 0 Å². The number of aromatic nitrogens is 1. The molecule has 29 heavy (non-hydrogen) atoms. The van der Waals surface area contributed by atoms with Gasteiger partial charge < -0.3 is 0 Å². The summed E-state index contributed by atoms with van der Waals surface area (Å²) in [6.45, 7) is 5.25. The molecule has 1 unspecified atom stereocenters. The van der Waals surface area contributed by atoms with Gasteiger partial charge in [-0.3, -0.25) is 35.2 Å². The summed E-state index contributed by atoms with van der Waals surface area (Å²) in [6, 6.07) is 2.58. The number of nitro groups is 2. The monoisotopic (exact) mass is 419 g/mol. The van der Waals surface area contributed by atoms with Gasteiger partial charge in [-0.15, -0.1) is 11.3 Å². The van der Waals surface area contributed by atoms with Crippen molar-refractivity contribution in [2.45, 2.75) is 45.7 Å². The Kier molecular flexibility index (Phi) is 6.18. The molecule has 2 heterocycles. The van der Waals surface area contributed by atoms with Crippen LogP contribution in [0, 0.1) is 27.2 Å². The molecular weight excluding hydrogens is 398 g/mol. The van der Waals surface area contributed by atoms with Crippen LogP contribution in [0.4, 0.5) is 16.5 Å². The van der Waals surface area contributed by atoms with E-state index in [1.54, 1.807) is 6.20 Å². The first-order valence-corrected chi connectivity index (χ1v) is 10.0. The number of anilines is 1. The second kappa shape index (κ2) is 8.62. The number of carbonyl (C=O) groups excluding carboxylic acids is 1. The van der Waals surface area contributed by atoms with E-state index in [2.05, 4.69) is 22.1 Å². The lowest BCUT2D eigenvalue weighted by Gasteiger charge is -2.32. The fourth-order valence-electron chi connectivity index (χ4n) is 3.39. The van der Waals surface area contributed by atoms with Crippen molar-refractivity contribution in [3.05, 3.63) is 54.6 Å². The Bertz CT molecular complexity index is 925. The maximum Gasteiger partial charge on any atom is 0.279 e. The van der Waals surface area contributed by atoms with Crippen LogP contribution in [-0.2, 0) is 6.54 Å². The number of nitro benzene ring substituents is 2. The maximum atomic E-state index is 12.5. The lowest BCUT2D eigenvalue weighted by Crippen LogP contribution is -2.36. The van der Waals surface area contributed by atoms with Crippen molar-refractivity contribution in [1.29, 1.82) is 0 Å². The van der Waals surface area contributed by atoms with Crippen LogP contribution in [0.15, 0.2) is 18.3 Å². The van der Waals surface area contributed by atoms with Crippen molar-refractivity contribution in [2.75, 3.05) is 11.9 Å². The number of carbonyl (C=O) groups is 1. The van der Waals surface area contributed by atoms with Gasteiger partial charge >= 0.3 is 0 Å². The molecule has 1 aliphatic heterocycles. The molecule has 0 aliphatic carbocycles. The first kappa shape index (κ1) is 20.8. The number of likely N-dealkylation sites (tertiary alicyclic amines) is 1.